The lowest BCUT2D eigenvalue weighted by molar-refractivity contribution is -0.138. The highest BCUT2D eigenvalue weighted by molar-refractivity contribution is 5.88. The molecule has 2 N–H and O–H groups in total. The van der Waals surface area contributed by atoms with E-state index in [0.717, 1.165) is 48.5 Å². The fraction of sp³-hybridized carbons (Fsp3) is 0.0714. The van der Waals surface area contributed by atoms with Crippen LogP contribution in [-0.2, 0) is 24.7 Å². The third-order valence-corrected chi connectivity index (χ3v) is 10.8. The summed E-state index contributed by atoms with van der Waals surface area (Å²) in [6.45, 7) is 0. The fourth-order valence-corrected chi connectivity index (χ4v) is 7.36. The molecule has 0 atom stereocenters. The molecule has 0 aliphatic carbocycles. The number of halogens is 12. The van der Waals surface area contributed by atoms with Crippen LogP contribution in [0.3, 0.4) is 0 Å². The van der Waals surface area contributed by atoms with E-state index in [0.29, 0.717) is 0 Å². The van der Waals surface area contributed by atoms with Gasteiger partial charge < -0.3 is 9.97 Å². The molecule has 0 unspecified atom stereocenters. The Balaban J connectivity index is 1.36. The highest BCUT2D eigenvalue weighted by Crippen LogP contribution is 2.34. The van der Waals surface area contributed by atoms with Gasteiger partial charge in [-0.25, -0.2) is 9.97 Å². The normalized spacial score (nSPS) is 12.2. The van der Waals surface area contributed by atoms with Gasteiger partial charge in [0.2, 0.25) is 0 Å². The van der Waals surface area contributed by atoms with E-state index >= 15 is 0 Å². The number of fused-ring (bicyclic) bond motifs is 8. The second-order valence-corrected chi connectivity index (χ2v) is 15.8. The maximum absolute atomic E-state index is 13.7. The van der Waals surface area contributed by atoms with Crippen LogP contribution >= 0.6 is 0 Å². The van der Waals surface area contributed by atoms with Crippen LogP contribution in [0.2, 0.25) is 0 Å². The predicted octanol–water partition coefficient (Wildman–Crippen LogP) is 14.3. The molecule has 0 amide bonds. The molecule has 2 aliphatic heterocycles. The minimum atomic E-state index is -4.68. The van der Waals surface area contributed by atoms with Crippen molar-refractivity contribution in [3.8, 4) is 47.4 Å². The Morgan fingerprint density at radius 2 is 0.542 bits per heavy atom. The van der Waals surface area contributed by atoms with E-state index in [1.165, 1.54) is 72.8 Å². The Bertz CT molecular complexity index is 3680. The Kier molecular flexibility index (Phi) is 12.4. The third kappa shape index (κ3) is 10.7. The van der Waals surface area contributed by atoms with Crippen LogP contribution < -0.4 is 0 Å². The van der Waals surface area contributed by atoms with Gasteiger partial charge in [-0.05, 0) is 121 Å². The lowest BCUT2D eigenvalue weighted by Gasteiger charge is -2.05. The molecule has 9 rings (SSSR count). The number of aromatic amines is 2. The molecule has 354 valence electrons. The number of nitrogens with zero attached hydrogens (tertiary/aromatic N) is 2. The Morgan fingerprint density at radius 3 is 0.833 bits per heavy atom. The van der Waals surface area contributed by atoms with Crippen molar-refractivity contribution in [3.05, 3.63) is 211 Å². The van der Waals surface area contributed by atoms with Gasteiger partial charge in [-0.1, -0.05) is 71.6 Å². The molecule has 72 heavy (non-hydrogen) atoms. The summed E-state index contributed by atoms with van der Waals surface area (Å²) < 4.78 is 165. The minimum Gasteiger partial charge on any atom is -0.353 e. The van der Waals surface area contributed by atoms with Crippen LogP contribution in [-0.4, -0.2) is 19.9 Å². The van der Waals surface area contributed by atoms with E-state index < -0.39 is 47.0 Å². The van der Waals surface area contributed by atoms with E-state index in [2.05, 4.69) is 57.3 Å². The smallest absolute Gasteiger partial charge is 0.353 e. The first-order valence-electron chi connectivity index (χ1n) is 21.1. The Labute approximate surface area is 400 Å². The third-order valence-electron chi connectivity index (χ3n) is 10.8. The minimum absolute atomic E-state index is 0.00271. The summed E-state index contributed by atoms with van der Waals surface area (Å²) in [4.78, 5) is 16.1. The van der Waals surface area contributed by atoms with Gasteiger partial charge in [-0.2, -0.15) is 52.7 Å². The predicted molar refractivity (Wildman–Crippen MR) is 249 cm³/mol. The molecular formula is C56H26F12N4. The Morgan fingerprint density at radius 1 is 0.292 bits per heavy atom. The molecule has 8 bridgehead atoms. The van der Waals surface area contributed by atoms with Crippen LogP contribution in [0.15, 0.2) is 121 Å². The van der Waals surface area contributed by atoms with Crippen molar-refractivity contribution in [1.29, 1.82) is 0 Å². The van der Waals surface area contributed by atoms with Crippen LogP contribution in [0.1, 0.15) is 89.5 Å². The van der Waals surface area contributed by atoms with E-state index in [4.69, 9.17) is 9.97 Å². The first kappa shape index (κ1) is 47.9. The first-order chi connectivity index (χ1) is 34.2. The number of hydrogen-bond donors (Lipinski definition) is 2. The molecule has 0 fully saturated rings. The molecule has 2 aliphatic rings. The second-order valence-electron chi connectivity index (χ2n) is 15.8. The number of hydrogen-bond acceptors (Lipinski definition) is 2. The summed E-state index contributed by atoms with van der Waals surface area (Å²) in [5, 5.41) is 0. The molecular weight excluding hydrogens is 957 g/mol. The van der Waals surface area contributed by atoms with Gasteiger partial charge in [0.25, 0.3) is 0 Å². The van der Waals surface area contributed by atoms with Crippen molar-refractivity contribution in [2.75, 3.05) is 0 Å². The molecule has 4 aromatic carbocycles. The first-order valence-corrected chi connectivity index (χ1v) is 21.1. The topological polar surface area (TPSA) is 57.4 Å². The van der Waals surface area contributed by atoms with E-state index in [-0.39, 0.29) is 89.4 Å². The summed E-state index contributed by atoms with van der Waals surface area (Å²) in [5.41, 5.74) is -1.51. The average Bonchev–Trinajstić information content (AvgIpc) is 4.19. The lowest BCUT2D eigenvalue weighted by Crippen LogP contribution is -2.04. The van der Waals surface area contributed by atoms with Crippen LogP contribution in [0.25, 0.3) is 46.4 Å². The van der Waals surface area contributed by atoms with Crippen molar-refractivity contribution < 1.29 is 52.7 Å². The number of H-pyrrole nitrogens is 2. The maximum atomic E-state index is 13.7. The standard InChI is InChI=1S/C56H26F12N4/c57-53(58,59)37-9-1-5-33(29-37)13-17-41-45-21-23-47(69-45)42(18-14-34-6-2-10-38(30-34)54(60,61)62)49-25-27-51(71-49)44(20-16-36-8-4-12-40(32-36)56(66,67)68)52-28-26-50(72-52)43(48-24-22-46(41)70-48)19-15-35-7-3-11-39(31-35)55(63,64)65/h1-12,21-32,69-70H. The molecule has 3 aromatic heterocycles. The van der Waals surface area contributed by atoms with Crippen molar-refractivity contribution in [1.82, 2.24) is 19.9 Å². The van der Waals surface area contributed by atoms with Gasteiger partial charge in [0.1, 0.15) is 0 Å². The van der Waals surface area contributed by atoms with Gasteiger partial charge in [0, 0.05) is 22.3 Å². The number of aromatic nitrogens is 4. The number of rotatable bonds is 0. The zero-order chi connectivity index (χ0) is 51.0. The quantitative estimate of drug-likeness (QED) is 0.117. The van der Waals surface area contributed by atoms with Gasteiger partial charge in [-0.15, -0.1) is 0 Å². The van der Waals surface area contributed by atoms with E-state index in [1.54, 1.807) is 24.3 Å². The number of nitrogens with one attached hydrogen (secondary N) is 2. The second kappa shape index (κ2) is 18.7. The molecule has 16 heteroatoms. The Hall–Kier alpha value is -9.12. The van der Waals surface area contributed by atoms with Crippen LogP contribution in [0.5, 0.6) is 0 Å². The van der Waals surface area contributed by atoms with Crippen molar-refractivity contribution >= 4 is 46.4 Å². The van der Waals surface area contributed by atoms with Gasteiger partial charge in [-0.3, -0.25) is 0 Å². The number of alkyl halides is 12. The van der Waals surface area contributed by atoms with Crippen LogP contribution in [0.4, 0.5) is 52.7 Å². The average molecular weight is 983 g/mol. The molecule has 5 heterocycles. The van der Waals surface area contributed by atoms with Crippen molar-refractivity contribution in [2.45, 2.75) is 24.7 Å². The van der Waals surface area contributed by atoms with Gasteiger partial charge >= 0.3 is 24.7 Å². The maximum Gasteiger partial charge on any atom is 0.416 e. The summed E-state index contributed by atoms with van der Waals surface area (Å²) in [6, 6.07) is 23.7. The van der Waals surface area contributed by atoms with Crippen molar-refractivity contribution in [3.63, 3.8) is 0 Å². The monoisotopic (exact) mass is 982 g/mol. The zero-order valence-electron chi connectivity index (χ0n) is 36.3. The number of benzene rings is 4. The largest absolute Gasteiger partial charge is 0.416 e. The zero-order valence-corrected chi connectivity index (χ0v) is 36.3. The molecule has 0 radical (unpaired) electrons. The summed E-state index contributed by atoms with van der Waals surface area (Å²) >= 11 is 0. The van der Waals surface area contributed by atoms with Crippen LogP contribution in [0, 0.1) is 47.4 Å². The van der Waals surface area contributed by atoms with Crippen molar-refractivity contribution in [2.24, 2.45) is 0 Å². The van der Waals surface area contributed by atoms with E-state index in [1.807, 2.05) is 0 Å². The molecule has 0 saturated carbocycles. The molecule has 7 aromatic rings. The lowest BCUT2D eigenvalue weighted by atomic mass is 10.1. The SMILES string of the molecule is FC(F)(F)c1cccc(C#Cc2c3nc(c(C#Cc4cccc(C(F)(F)F)c4)c4ccc([nH]4)c(C#Cc4cccc(C(F)(F)F)c4)c4ccc([nH]4)c(C#Cc4cccc(C(F)(F)F)c4)c4nc2C=C4)C=C3)c1. The van der Waals surface area contributed by atoms with Gasteiger partial charge in [0.15, 0.2) is 0 Å². The molecule has 4 nitrogen and oxygen atoms in total. The highest BCUT2D eigenvalue weighted by Gasteiger charge is 2.33. The summed E-state index contributed by atoms with van der Waals surface area (Å²) in [5.74, 6) is 22.9. The molecule has 0 saturated heterocycles. The summed E-state index contributed by atoms with van der Waals surface area (Å²) in [7, 11) is 0. The highest BCUT2D eigenvalue weighted by atomic mass is 19.4. The van der Waals surface area contributed by atoms with E-state index in [9.17, 15) is 52.7 Å². The fourth-order valence-electron chi connectivity index (χ4n) is 7.36. The van der Waals surface area contributed by atoms with Gasteiger partial charge in [0.05, 0.1) is 89.4 Å². The molecule has 0 spiro atoms. The summed E-state index contributed by atoms with van der Waals surface area (Å²) in [6.07, 6.45) is -12.6.